The summed E-state index contributed by atoms with van der Waals surface area (Å²) < 4.78 is 0. The maximum atomic E-state index is 2.35. The molecule has 1 aromatic rings. The van der Waals surface area contributed by atoms with Crippen molar-refractivity contribution in [2.24, 2.45) is 5.92 Å². The molecule has 0 N–H and O–H groups in total. The lowest BCUT2D eigenvalue weighted by Gasteiger charge is -2.33. The summed E-state index contributed by atoms with van der Waals surface area (Å²) in [6.07, 6.45) is 4.06. The van der Waals surface area contributed by atoms with Gasteiger partial charge >= 0.3 is 0 Å². The van der Waals surface area contributed by atoms with Crippen molar-refractivity contribution in [3.05, 3.63) is 35.4 Å². The summed E-state index contributed by atoms with van der Waals surface area (Å²) in [6.45, 7) is 7.03. The summed E-state index contributed by atoms with van der Waals surface area (Å²) in [7, 11) is 0. The van der Waals surface area contributed by atoms with Crippen molar-refractivity contribution in [3.8, 4) is 0 Å². The number of hydrogen-bond donors (Lipinski definition) is 0. The summed E-state index contributed by atoms with van der Waals surface area (Å²) in [5.74, 6) is 2.39. The molecule has 1 aliphatic rings. The first-order valence-corrected chi connectivity index (χ1v) is 6.32. The summed E-state index contributed by atoms with van der Waals surface area (Å²) in [6, 6.07) is 9.09. The van der Waals surface area contributed by atoms with Crippen LogP contribution in [0.1, 0.15) is 63.0 Å². The molecule has 0 saturated carbocycles. The lowest BCUT2D eigenvalue weighted by molar-refractivity contribution is 0.397. The molecular formula is C15H22. The van der Waals surface area contributed by atoms with Crippen LogP contribution in [0.4, 0.5) is 0 Å². The third-order valence-corrected chi connectivity index (χ3v) is 3.96. The van der Waals surface area contributed by atoms with E-state index in [1.807, 2.05) is 0 Å². The zero-order valence-electron chi connectivity index (χ0n) is 10.2. The fourth-order valence-electron chi connectivity index (χ4n) is 3.03. The molecule has 0 heteroatoms. The van der Waals surface area contributed by atoms with Gasteiger partial charge in [-0.15, -0.1) is 0 Å². The SMILES string of the molecule is CCC1CCC(C(C)C)c2ccccc21. The molecule has 0 aliphatic heterocycles. The predicted molar refractivity (Wildman–Crippen MR) is 66.3 cm³/mol. The molecule has 15 heavy (non-hydrogen) atoms. The quantitative estimate of drug-likeness (QED) is 0.651. The van der Waals surface area contributed by atoms with Crippen molar-refractivity contribution < 1.29 is 0 Å². The predicted octanol–water partition coefficient (Wildman–Crippen LogP) is 4.71. The standard InChI is InChI=1S/C15H22/c1-4-12-9-10-13(11(2)3)15-8-6-5-7-14(12)15/h5-8,11-13H,4,9-10H2,1-3H3. The fraction of sp³-hybridized carbons (Fsp3) is 0.600. The molecule has 0 saturated heterocycles. The smallest absolute Gasteiger partial charge is 0.0136 e. The van der Waals surface area contributed by atoms with E-state index >= 15 is 0 Å². The van der Waals surface area contributed by atoms with Gasteiger partial charge in [-0.05, 0) is 48.1 Å². The molecule has 0 heterocycles. The second kappa shape index (κ2) is 4.38. The van der Waals surface area contributed by atoms with E-state index in [-0.39, 0.29) is 0 Å². The second-order valence-corrected chi connectivity index (χ2v) is 5.16. The molecule has 0 amide bonds. The molecule has 1 aliphatic carbocycles. The van der Waals surface area contributed by atoms with Gasteiger partial charge in [0.25, 0.3) is 0 Å². The highest BCUT2D eigenvalue weighted by molar-refractivity contribution is 5.35. The Labute approximate surface area is 93.7 Å². The highest BCUT2D eigenvalue weighted by Crippen LogP contribution is 2.43. The third kappa shape index (κ3) is 1.95. The van der Waals surface area contributed by atoms with E-state index in [0.29, 0.717) is 0 Å². The Kier molecular flexibility index (Phi) is 3.14. The Balaban J connectivity index is 2.39. The average Bonchev–Trinajstić information content (AvgIpc) is 2.27. The van der Waals surface area contributed by atoms with Crippen LogP contribution >= 0.6 is 0 Å². The highest BCUT2D eigenvalue weighted by Gasteiger charge is 2.27. The first kappa shape index (κ1) is 10.7. The van der Waals surface area contributed by atoms with Crippen molar-refractivity contribution in [3.63, 3.8) is 0 Å². The monoisotopic (exact) mass is 202 g/mol. The first-order chi connectivity index (χ1) is 7.24. The molecule has 2 rings (SSSR count). The van der Waals surface area contributed by atoms with E-state index in [1.165, 1.54) is 19.3 Å². The number of benzene rings is 1. The van der Waals surface area contributed by atoms with Gasteiger partial charge in [-0.2, -0.15) is 0 Å². The van der Waals surface area contributed by atoms with Crippen LogP contribution in [0, 0.1) is 5.92 Å². The second-order valence-electron chi connectivity index (χ2n) is 5.16. The van der Waals surface area contributed by atoms with Gasteiger partial charge in [-0.3, -0.25) is 0 Å². The van der Waals surface area contributed by atoms with Gasteiger partial charge in [0.05, 0.1) is 0 Å². The Morgan fingerprint density at radius 3 is 2.40 bits per heavy atom. The topological polar surface area (TPSA) is 0 Å². The van der Waals surface area contributed by atoms with Crippen molar-refractivity contribution in [1.82, 2.24) is 0 Å². The van der Waals surface area contributed by atoms with Crippen molar-refractivity contribution in [2.75, 3.05) is 0 Å². The molecule has 2 atom stereocenters. The van der Waals surface area contributed by atoms with Gasteiger partial charge in [0.15, 0.2) is 0 Å². The first-order valence-electron chi connectivity index (χ1n) is 6.32. The summed E-state index contributed by atoms with van der Waals surface area (Å²) >= 11 is 0. The van der Waals surface area contributed by atoms with Crippen LogP contribution in [-0.2, 0) is 0 Å². The van der Waals surface area contributed by atoms with Gasteiger partial charge in [-0.1, -0.05) is 45.0 Å². The van der Waals surface area contributed by atoms with Crippen molar-refractivity contribution >= 4 is 0 Å². The maximum Gasteiger partial charge on any atom is -0.0136 e. The molecule has 0 bridgehead atoms. The Morgan fingerprint density at radius 1 is 1.13 bits per heavy atom. The Morgan fingerprint density at radius 2 is 1.80 bits per heavy atom. The van der Waals surface area contributed by atoms with E-state index in [4.69, 9.17) is 0 Å². The lowest BCUT2D eigenvalue weighted by Crippen LogP contribution is -2.17. The average molecular weight is 202 g/mol. The molecule has 0 nitrogen and oxygen atoms in total. The van der Waals surface area contributed by atoms with E-state index in [1.54, 1.807) is 11.1 Å². The van der Waals surface area contributed by atoms with E-state index in [9.17, 15) is 0 Å². The van der Waals surface area contributed by atoms with Crippen molar-refractivity contribution in [1.29, 1.82) is 0 Å². The Bertz CT molecular complexity index is 325. The van der Waals surface area contributed by atoms with Crippen molar-refractivity contribution in [2.45, 2.75) is 51.9 Å². The van der Waals surface area contributed by atoms with E-state index < -0.39 is 0 Å². The number of rotatable bonds is 2. The number of hydrogen-bond acceptors (Lipinski definition) is 0. The van der Waals surface area contributed by atoms with E-state index in [0.717, 1.165) is 17.8 Å². The zero-order valence-corrected chi connectivity index (χ0v) is 10.2. The molecule has 0 radical (unpaired) electrons. The van der Waals surface area contributed by atoms with Crippen LogP contribution in [0.15, 0.2) is 24.3 Å². The van der Waals surface area contributed by atoms with Crippen LogP contribution < -0.4 is 0 Å². The van der Waals surface area contributed by atoms with Crippen LogP contribution in [-0.4, -0.2) is 0 Å². The van der Waals surface area contributed by atoms with E-state index in [2.05, 4.69) is 45.0 Å². The minimum Gasteiger partial charge on any atom is -0.0648 e. The fourth-order valence-corrected chi connectivity index (χ4v) is 3.03. The largest absolute Gasteiger partial charge is 0.0648 e. The van der Waals surface area contributed by atoms with Crippen LogP contribution in [0.2, 0.25) is 0 Å². The molecule has 1 aromatic carbocycles. The lowest BCUT2D eigenvalue weighted by atomic mass is 9.72. The van der Waals surface area contributed by atoms with Gasteiger partial charge < -0.3 is 0 Å². The maximum absolute atomic E-state index is 2.35. The number of fused-ring (bicyclic) bond motifs is 1. The minimum absolute atomic E-state index is 0.781. The summed E-state index contributed by atoms with van der Waals surface area (Å²) in [4.78, 5) is 0. The molecule has 0 fully saturated rings. The van der Waals surface area contributed by atoms with Crippen LogP contribution in [0.5, 0.6) is 0 Å². The van der Waals surface area contributed by atoms with Gasteiger partial charge in [0.2, 0.25) is 0 Å². The van der Waals surface area contributed by atoms with Gasteiger partial charge in [-0.25, -0.2) is 0 Å². The molecule has 0 aromatic heterocycles. The summed E-state index contributed by atoms with van der Waals surface area (Å²) in [5, 5.41) is 0. The molecule has 2 unspecified atom stereocenters. The van der Waals surface area contributed by atoms with Crippen LogP contribution in [0.25, 0.3) is 0 Å². The zero-order chi connectivity index (χ0) is 10.8. The normalized spacial score (nSPS) is 25.3. The van der Waals surface area contributed by atoms with Crippen LogP contribution in [0.3, 0.4) is 0 Å². The minimum atomic E-state index is 0.781. The van der Waals surface area contributed by atoms with Gasteiger partial charge in [0.1, 0.15) is 0 Å². The Hall–Kier alpha value is -0.780. The molecule has 0 spiro atoms. The molecular weight excluding hydrogens is 180 g/mol. The van der Waals surface area contributed by atoms with Gasteiger partial charge in [0, 0.05) is 0 Å². The highest BCUT2D eigenvalue weighted by atomic mass is 14.3. The third-order valence-electron chi connectivity index (χ3n) is 3.96. The summed E-state index contributed by atoms with van der Waals surface area (Å²) in [5.41, 5.74) is 3.26. The molecule has 82 valence electrons.